The van der Waals surface area contributed by atoms with Crippen LogP contribution < -0.4 is 0 Å². The van der Waals surface area contributed by atoms with E-state index in [-0.39, 0.29) is 4.83 Å². The second kappa shape index (κ2) is 6.86. The van der Waals surface area contributed by atoms with Crippen molar-refractivity contribution in [1.82, 2.24) is 0 Å². The summed E-state index contributed by atoms with van der Waals surface area (Å²) in [6.45, 7) is 0. The maximum atomic E-state index is 12.1. The van der Waals surface area contributed by atoms with E-state index < -0.39 is 9.84 Å². The van der Waals surface area contributed by atoms with Crippen LogP contribution in [0.4, 0.5) is 0 Å². The van der Waals surface area contributed by atoms with Crippen molar-refractivity contribution in [2.24, 2.45) is 0 Å². The largest absolute Gasteiger partial charge is 0.219 e. The highest BCUT2D eigenvalue weighted by Crippen LogP contribution is 2.15. The molecule has 2 nitrogen and oxygen atoms in total. The van der Waals surface area contributed by atoms with Gasteiger partial charge in [0.1, 0.15) is 0 Å². The first kappa shape index (κ1) is 15.0. The van der Waals surface area contributed by atoms with Gasteiger partial charge in [-0.25, -0.2) is 8.42 Å². The van der Waals surface area contributed by atoms with Crippen LogP contribution >= 0.6 is 15.9 Å². The van der Waals surface area contributed by atoms with Crippen molar-refractivity contribution >= 4 is 25.8 Å². The normalized spacial score (nSPS) is 13.4. The molecule has 4 heteroatoms. The number of alkyl halides is 1. The summed E-state index contributed by atoms with van der Waals surface area (Å²) in [5.74, 6) is 0. The molecular weight excluding hydrogens is 336 g/mol. The van der Waals surface area contributed by atoms with E-state index in [4.69, 9.17) is 0 Å². The van der Waals surface area contributed by atoms with Crippen LogP contribution in [0.5, 0.6) is 0 Å². The summed E-state index contributed by atoms with van der Waals surface area (Å²) < 4.78 is 24.2. The number of halogens is 1. The minimum atomic E-state index is -3.36. The topological polar surface area (TPSA) is 34.1 Å². The van der Waals surface area contributed by atoms with Gasteiger partial charge in [-0.05, 0) is 24.1 Å². The molecule has 0 amide bonds. The van der Waals surface area contributed by atoms with Crippen LogP contribution in [0.1, 0.15) is 5.56 Å². The maximum absolute atomic E-state index is 12.1. The van der Waals surface area contributed by atoms with Gasteiger partial charge in [0.15, 0.2) is 9.84 Å². The quantitative estimate of drug-likeness (QED) is 0.764. The van der Waals surface area contributed by atoms with Crippen molar-refractivity contribution in [3.8, 4) is 0 Å². The Morgan fingerprint density at radius 3 is 2.10 bits per heavy atom. The van der Waals surface area contributed by atoms with Crippen LogP contribution in [0.3, 0.4) is 0 Å². The summed E-state index contributed by atoms with van der Waals surface area (Å²) in [7, 11) is -3.36. The second-order valence-electron chi connectivity index (χ2n) is 4.39. The monoisotopic (exact) mass is 350 g/mol. The number of hydrogen-bond acceptors (Lipinski definition) is 2. The molecule has 0 bridgehead atoms. The highest BCUT2D eigenvalue weighted by Gasteiger charge is 2.10. The summed E-state index contributed by atoms with van der Waals surface area (Å²) in [6, 6.07) is 18.4. The maximum Gasteiger partial charge on any atom is 0.199 e. The number of sulfone groups is 1. The molecule has 0 saturated heterocycles. The van der Waals surface area contributed by atoms with Crippen LogP contribution in [0.2, 0.25) is 0 Å². The van der Waals surface area contributed by atoms with Gasteiger partial charge in [-0.15, -0.1) is 0 Å². The van der Waals surface area contributed by atoms with Gasteiger partial charge in [0.05, 0.1) is 4.90 Å². The lowest BCUT2D eigenvalue weighted by molar-refractivity contribution is 0.604. The zero-order valence-electron chi connectivity index (χ0n) is 10.8. The van der Waals surface area contributed by atoms with Crippen LogP contribution in [0.25, 0.3) is 0 Å². The lowest BCUT2D eigenvalue weighted by atomic mass is 10.1. The Morgan fingerprint density at radius 1 is 0.950 bits per heavy atom. The van der Waals surface area contributed by atoms with Crippen LogP contribution in [-0.4, -0.2) is 13.2 Å². The molecule has 1 unspecified atom stereocenters. The molecule has 0 spiro atoms. The predicted octanol–water partition coefficient (Wildman–Crippen LogP) is 3.98. The van der Waals surface area contributed by atoms with Crippen LogP contribution in [0.15, 0.2) is 77.0 Å². The van der Waals surface area contributed by atoms with Crippen molar-refractivity contribution in [2.45, 2.75) is 16.1 Å². The molecule has 1 atom stereocenters. The molecule has 2 aromatic carbocycles. The molecule has 0 N–H and O–H groups in total. The van der Waals surface area contributed by atoms with Crippen molar-refractivity contribution in [2.75, 3.05) is 0 Å². The lowest BCUT2D eigenvalue weighted by Gasteiger charge is -2.05. The van der Waals surface area contributed by atoms with Gasteiger partial charge in [-0.2, -0.15) is 0 Å². The molecular formula is C16H15BrO2S. The smallest absolute Gasteiger partial charge is 0.199 e. The van der Waals surface area contributed by atoms with E-state index >= 15 is 0 Å². The first-order chi connectivity index (χ1) is 9.58. The highest BCUT2D eigenvalue weighted by molar-refractivity contribution is 9.09. The summed E-state index contributed by atoms with van der Waals surface area (Å²) in [5.41, 5.74) is 1.16. The van der Waals surface area contributed by atoms with Crippen molar-refractivity contribution in [3.05, 3.63) is 77.7 Å². The molecule has 20 heavy (non-hydrogen) atoms. The number of allylic oxidation sites excluding steroid dienone is 1. The molecule has 2 rings (SSSR count). The van der Waals surface area contributed by atoms with Crippen molar-refractivity contribution in [3.63, 3.8) is 0 Å². The Morgan fingerprint density at radius 2 is 1.50 bits per heavy atom. The Labute approximate surface area is 128 Å². The van der Waals surface area contributed by atoms with E-state index in [0.29, 0.717) is 4.90 Å². The van der Waals surface area contributed by atoms with E-state index in [1.54, 1.807) is 36.4 Å². The van der Waals surface area contributed by atoms with E-state index in [1.807, 2.05) is 30.3 Å². The molecule has 0 fully saturated rings. The molecule has 0 heterocycles. The van der Waals surface area contributed by atoms with E-state index in [9.17, 15) is 8.42 Å². The van der Waals surface area contributed by atoms with Crippen LogP contribution in [-0.2, 0) is 16.3 Å². The SMILES string of the molecule is O=S(=O)(C=CC(Br)Cc1ccccc1)c1ccccc1. The molecule has 0 aliphatic rings. The average molecular weight is 351 g/mol. The first-order valence-electron chi connectivity index (χ1n) is 6.24. The fourth-order valence-corrected chi connectivity index (χ4v) is 3.60. The predicted molar refractivity (Wildman–Crippen MR) is 85.6 cm³/mol. The lowest BCUT2D eigenvalue weighted by Crippen LogP contribution is -2.01. The van der Waals surface area contributed by atoms with Gasteiger partial charge in [0.2, 0.25) is 0 Å². The summed E-state index contributed by atoms with van der Waals surface area (Å²) >= 11 is 3.49. The van der Waals surface area contributed by atoms with Gasteiger partial charge in [-0.3, -0.25) is 0 Å². The number of hydrogen-bond donors (Lipinski definition) is 0. The molecule has 0 aliphatic carbocycles. The molecule has 2 aromatic rings. The fourth-order valence-electron chi connectivity index (χ4n) is 1.78. The third-order valence-electron chi connectivity index (χ3n) is 2.81. The Kier molecular flexibility index (Phi) is 5.15. The Bertz CT molecular complexity index is 664. The number of rotatable bonds is 5. The molecule has 0 aliphatic heterocycles. The van der Waals surface area contributed by atoms with E-state index in [0.717, 1.165) is 12.0 Å². The van der Waals surface area contributed by atoms with Crippen molar-refractivity contribution in [1.29, 1.82) is 0 Å². The molecule has 0 saturated carbocycles. The van der Waals surface area contributed by atoms with Crippen LogP contribution in [0, 0.1) is 0 Å². The zero-order chi connectivity index (χ0) is 14.4. The van der Waals surface area contributed by atoms with Crippen molar-refractivity contribution < 1.29 is 8.42 Å². The van der Waals surface area contributed by atoms with E-state index in [1.165, 1.54) is 5.41 Å². The Balaban J connectivity index is 2.06. The van der Waals surface area contributed by atoms with Gasteiger partial charge in [0, 0.05) is 10.2 Å². The second-order valence-corrected chi connectivity index (χ2v) is 7.40. The standard InChI is InChI=1S/C16H15BrO2S/c17-15(13-14-7-3-1-4-8-14)11-12-20(18,19)16-9-5-2-6-10-16/h1-12,15H,13H2. The minimum Gasteiger partial charge on any atom is -0.219 e. The van der Waals surface area contributed by atoms with Gasteiger partial charge in [0.25, 0.3) is 0 Å². The number of benzene rings is 2. The first-order valence-corrected chi connectivity index (χ1v) is 8.70. The fraction of sp³-hybridized carbons (Fsp3) is 0.125. The van der Waals surface area contributed by atoms with E-state index in [2.05, 4.69) is 15.9 Å². The minimum absolute atomic E-state index is 0.0108. The summed E-state index contributed by atoms with van der Waals surface area (Å²) in [4.78, 5) is 0.305. The summed E-state index contributed by atoms with van der Waals surface area (Å²) in [6.07, 6.45) is 2.43. The summed E-state index contributed by atoms with van der Waals surface area (Å²) in [5, 5.41) is 1.27. The Hall–Kier alpha value is -1.39. The van der Waals surface area contributed by atoms with Gasteiger partial charge in [-0.1, -0.05) is 70.5 Å². The molecule has 0 aromatic heterocycles. The molecule has 0 radical (unpaired) electrons. The average Bonchev–Trinajstić information content (AvgIpc) is 2.47. The van der Waals surface area contributed by atoms with Gasteiger partial charge >= 0.3 is 0 Å². The third kappa shape index (κ3) is 4.32. The zero-order valence-corrected chi connectivity index (χ0v) is 13.2. The van der Waals surface area contributed by atoms with Gasteiger partial charge < -0.3 is 0 Å². The molecule has 104 valence electrons. The highest BCUT2D eigenvalue weighted by atomic mass is 79.9. The third-order valence-corrected chi connectivity index (χ3v) is 4.89.